The molecule has 0 spiro atoms. The second kappa shape index (κ2) is 6.47. The van der Waals surface area contributed by atoms with Crippen LogP contribution in [0.3, 0.4) is 0 Å². The molecule has 0 bridgehead atoms. The summed E-state index contributed by atoms with van der Waals surface area (Å²) < 4.78 is 12.7. The number of carbonyl (C=O) groups is 2. The number of aliphatic hydroxyl groups excluding tert-OH is 1. The zero-order valence-corrected chi connectivity index (χ0v) is 10.9. The number of carbonyl (C=O) groups excluding carboxylic acids is 2. The summed E-state index contributed by atoms with van der Waals surface area (Å²) in [6.07, 6.45) is 2.45. The van der Waals surface area contributed by atoms with Crippen LogP contribution in [0, 0.1) is 11.7 Å². The highest BCUT2D eigenvalue weighted by molar-refractivity contribution is 6.39. The van der Waals surface area contributed by atoms with E-state index in [2.05, 4.69) is 10.6 Å². The van der Waals surface area contributed by atoms with Gasteiger partial charge in [-0.05, 0) is 49.4 Å². The van der Waals surface area contributed by atoms with E-state index in [9.17, 15) is 14.0 Å². The number of benzene rings is 1. The fourth-order valence-corrected chi connectivity index (χ4v) is 2.02. The van der Waals surface area contributed by atoms with E-state index in [4.69, 9.17) is 5.11 Å². The molecule has 0 aromatic heterocycles. The van der Waals surface area contributed by atoms with Gasteiger partial charge in [0.05, 0.1) is 0 Å². The highest BCUT2D eigenvalue weighted by Gasteiger charge is 2.32. The van der Waals surface area contributed by atoms with E-state index in [0.717, 1.165) is 12.8 Å². The lowest BCUT2D eigenvalue weighted by molar-refractivity contribution is -0.136. The molecule has 0 aliphatic heterocycles. The van der Waals surface area contributed by atoms with Crippen molar-refractivity contribution in [2.45, 2.75) is 25.3 Å². The predicted molar refractivity (Wildman–Crippen MR) is 71.4 cm³/mol. The summed E-state index contributed by atoms with van der Waals surface area (Å²) in [4.78, 5) is 23.5. The molecule has 1 fully saturated rings. The molecule has 20 heavy (non-hydrogen) atoms. The van der Waals surface area contributed by atoms with E-state index in [-0.39, 0.29) is 12.6 Å². The summed E-state index contributed by atoms with van der Waals surface area (Å²) in [6, 6.07) is 5.00. The molecule has 1 atom stereocenters. The maximum atomic E-state index is 12.7. The molecule has 2 amide bonds. The van der Waals surface area contributed by atoms with Crippen molar-refractivity contribution in [1.82, 2.24) is 5.32 Å². The van der Waals surface area contributed by atoms with Gasteiger partial charge >= 0.3 is 11.8 Å². The molecule has 2 rings (SSSR count). The van der Waals surface area contributed by atoms with E-state index in [1.165, 1.54) is 24.3 Å². The van der Waals surface area contributed by atoms with Gasteiger partial charge in [-0.2, -0.15) is 0 Å². The Kier molecular flexibility index (Phi) is 4.68. The number of anilines is 1. The number of hydrogen-bond acceptors (Lipinski definition) is 3. The van der Waals surface area contributed by atoms with E-state index in [1.54, 1.807) is 0 Å². The molecule has 5 nitrogen and oxygen atoms in total. The van der Waals surface area contributed by atoms with Gasteiger partial charge in [0.2, 0.25) is 0 Å². The van der Waals surface area contributed by atoms with Gasteiger partial charge in [-0.1, -0.05) is 0 Å². The molecule has 1 aromatic carbocycles. The molecule has 1 aliphatic rings. The molecule has 6 heteroatoms. The summed E-state index contributed by atoms with van der Waals surface area (Å²) in [5, 5.41) is 14.0. The number of rotatable bonds is 5. The molecule has 0 heterocycles. The third-order valence-corrected chi connectivity index (χ3v) is 3.26. The van der Waals surface area contributed by atoms with Gasteiger partial charge in [-0.15, -0.1) is 0 Å². The SMILES string of the molecule is O=C(Nc1ccc(F)cc1)C(=O)NC(CCO)C1CC1. The van der Waals surface area contributed by atoms with Gasteiger partial charge < -0.3 is 15.7 Å². The molecular formula is C14H17FN2O3. The topological polar surface area (TPSA) is 78.4 Å². The fraction of sp³-hybridized carbons (Fsp3) is 0.429. The van der Waals surface area contributed by atoms with Crippen LogP contribution < -0.4 is 10.6 Å². The largest absolute Gasteiger partial charge is 0.396 e. The van der Waals surface area contributed by atoms with E-state index >= 15 is 0 Å². The van der Waals surface area contributed by atoms with Gasteiger partial charge in [-0.3, -0.25) is 9.59 Å². The molecule has 0 radical (unpaired) electrons. The van der Waals surface area contributed by atoms with E-state index in [1.807, 2.05) is 0 Å². The Labute approximate surface area is 116 Å². The summed E-state index contributed by atoms with van der Waals surface area (Å²) >= 11 is 0. The molecule has 0 saturated heterocycles. The summed E-state index contributed by atoms with van der Waals surface area (Å²) in [6.45, 7) is -0.0268. The second-order valence-corrected chi connectivity index (χ2v) is 4.89. The molecular weight excluding hydrogens is 263 g/mol. The van der Waals surface area contributed by atoms with Crippen molar-refractivity contribution >= 4 is 17.5 Å². The average Bonchev–Trinajstić information content (AvgIpc) is 3.25. The monoisotopic (exact) mass is 280 g/mol. The summed E-state index contributed by atoms with van der Waals surface area (Å²) in [7, 11) is 0. The van der Waals surface area contributed by atoms with Crippen LogP contribution >= 0.6 is 0 Å². The lowest BCUT2D eigenvalue weighted by atomic mass is 10.1. The van der Waals surface area contributed by atoms with Crippen LogP contribution in [0.5, 0.6) is 0 Å². The Bertz CT molecular complexity index is 486. The van der Waals surface area contributed by atoms with Gasteiger partial charge in [0.25, 0.3) is 0 Å². The molecule has 1 aliphatic carbocycles. The Morgan fingerprint density at radius 1 is 1.25 bits per heavy atom. The zero-order chi connectivity index (χ0) is 14.5. The first-order valence-electron chi connectivity index (χ1n) is 6.58. The van der Waals surface area contributed by atoms with Crippen LogP contribution in [0.2, 0.25) is 0 Å². The van der Waals surface area contributed by atoms with E-state index in [0.29, 0.717) is 18.0 Å². The van der Waals surface area contributed by atoms with Crippen molar-refractivity contribution in [1.29, 1.82) is 0 Å². The van der Waals surface area contributed by atoms with E-state index < -0.39 is 17.6 Å². The highest BCUT2D eigenvalue weighted by Crippen LogP contribution is 2.33. The third-order valence-electron chi connectivity index (χ3n) is 3.26. The number of hydrogen-bond donors (Lipinski definition) is 3. The first-order chi connectivity index (χ1) is 9.60. The zero-order valence-electron chi connectivity index (χ0n) is 10.9. The van der Waals surface area contributed by atoms with Crippen LogP contribution in [0.1, 0.15) is 19.3 Å². The molecule has 1 aromatic rings. The first kappa shape index (κ1) is 14.5. The average molecular weight is 280 g/mol. The van der Waals surface area contributed by atoms with Crippen molar-refractivity contribution in [3.63, 3.8) is 0 Å². The van der Waals surface area contributed by atoms with Crippen molar-refractivity contribution in [2.24, 2.45) is 5.92 Å². The van der Waals surface area contributed by atoms with Gasteiger partial charge in [0, 0.05) is 18.3 Å². The normalized spacial score (nSPS) is 15.5. The lowest BCUT2D eigenvalue weighted by Gasteiger charge is -2.16. The maximum absolute atomic E-state index is 12.7. The Balaban J connectivity index is 1.87. The number of halogens is 1. The Morgan fingerprint density at radius 3 is 2.45 bits per heavy atom. The predicted octanol–water partition coefficient (Wildman–Crippen LogP) is 1.04. The second-order valence-electron chi connectivity index (χ2n) is 4.89. The smallest absolute Gasteiger partial charge is 0.313 e. The first-order valence-corrected chi connectivity index (χ1v) is 6.58. The third kappa shape index (κ3) is 4.03. The molecule has 3 N–H and O–H groups in total. The van der Waals surface area contributed by atoms with Crippen molar-refractivity contribution in [3.05, 3.63) is 30.1 Å². The maximum Gasteiger partial charge on any atom is 0.313 e. The molecule has 1 saturated carbocycles. The standard InChI is InChI=1S/C14H17FN2O3/c15-10-3-5-11(6-4-10)16-13(19)14(20)17-12(7-8-18)9-1-2-9/h3-6,9,12,18H,1-2,7-8H2,(H,16,19)(H,17,20). The number of nitrogens with one attached hydrogen (secondary N) is 2. The van der Waals surface area contributed by atoms with Crippen LogP contribution in [-0.2, 0) is 9.59 Å². The van der Waals surface area contributed by atoms with Gasteiger partial charge in [-0.25, -0.2) is 4.39 Å². The van der Waals surface area contributed by atoms with Crippen molar-refractivity contribution in [2.75, 3.05) is 11.9 Å². The lowest BCUT2D eigenvalue weighted by Crippen LogP contribution is -2.43. The van der Waals surface area contributed by atoms with Crippen LogP contribution in [0.25, 0.3) is 0 Å². The van der Waals surface area contributed by atoms with Crippen LogP contribution in [-0.4, -0.2) is 29.6 Å². The van der Waals surface area contributed by atoms with Gasteiger partial charge in [0.1, 0.15) is 5.82 Å². The highest BCUT2D eigenvalue weighted by atomic mass is 19.1. The van der Waals surface area contributed by atoms with Crippen molar-refractivity contribution < 1.29 is 19.1 Å². The Hall–Kier alpha value is -1.95. The molecule has 108 valence electrons. The quantitative estimate of drug-likeness (QED) is 0.705. The molecule has 1 unspecified atom stereocenters. The van der Waals surface area contributed by atoms with Crippen LogP contribution in [0.15, 0.2) is 24.3 Å². The minimum atomic E-state index is -0.791. The fourth-order valence-electron chi connectivity index (χ4n) is 2.02. The van der Waals surface area contributed by atoms with Crippen LogP contribution in [0.4, 0.5) is 10.1 Å². The minimum absolute atomic E-state index is 0.0268. The number of amides is 2. The minimum Gasteiger partial charge on any atom is -0.396 e. The summed E-state index contributed by atoms with van der Waals surface area (Å²) in [5.74, 6) is -1.59. The Morgan fingerprint density at radius 2 is 1.90 bits per heavy atom. The summed E-state index contributed by atoms with van der Waals surface area (Å²) in [5.41, 5.74) is 0.358. The van der Waals surface area contributed by atoms with Gasteiger partial charge in [0.15, 0.2) is 0 Å². The van der Waals surface area contributed by atoms with Crippen molar-refractivity contribution in [3.8, 4) is 0 Å². The number of aliphatic hydroxyl groups is 1.